The minimum Gasteiger partial charge on any atom is -0.489 e. The predicted molar refractivity (Wildman–Crippen MR) is 125 cm³/mol. The number of nitrogens with one attached hydrogen (secondary N) is 1. The fourth-order valence-electron chi connectivity index (χ4n) is 3.91. The molecule has 0 bridgehead atoms. The van der Waals surface area contributed by atoms with E-state index in [1.54, 1.807) is 0 Å². The van der Waals surface area contributed by atoms with Gasteiger partial charge >= 0.3 is 0 Å². The Bertz CT molecular complexity index is 1160. The zero-order valence-corrected chi connectivity index (χ0v) is 18.4. The van der Waals surface area contributed by atoms with Crippen molar-refractivity contribution in [3.63, 3.8) is 0 Å². The standard InChI is InChI=1S/C24H22BrN5O/c25-19-10-6-17(7-11-19)21-14-22(30-24(27-21)28-23(26)29-30)18-8-12-20(13-9-18)31-15-16-4-2-1-3-5-16/h1-13,21-22H,14-15H2,(H3,26,27,28,29)/t21-,22-/m1/s1. The molecular weight excluding hydrogens is 454 g/mol. The maximum atomic E-state index is 5.94. The van der Waals surface area contributed by atoms with E-state index in [9.17, 15) is 0 Å². The second kappa shape index (κ2) is 8.43. The van der Waals surface area contributed by atoms with Crippen molar-refractivity contribution < 1.29 is 4.74 Å². The smallest absolute Gasteiger partial charge is 0.241 e. The Hall–Kier alpha value is -3.32. The molecule has 0 fully saturated rings. The first-order chi connectivity index (χ1) is 15.2. The Morgan fingerprint density at radius 1 is 0.968 bits per heavy atom. The minimum absolute atomic E-state index is 0.0258. The Morgan fingerprint density at radius 3 is 2.42 bits per heavy atom. The number of hydrogen-bond acceptors (Lipinski definition) is 5. The van der Waals surface area contributed by atoms with Crippen LogP contribution in [0.3, 0.4) is 0 Å². The van der Waals surface area contributed by atoms with E-state index >= 15 is 0 Å². The van der Waals surface area contributed by atoms with E-state index in [0.717, 1.165) is 27.8 Å². The molecule has 0 saturated carbocycles. The topological polar surface area (TPSA) is 78.0 Å². The van der Waals surface area contributed by atoms with Gasteiger partial charge in [0.25, 0.3) is 0 Å². The van der Waals surface area contributed by atoms with E-state index < -0.39 is 0 Å². The summed E-state index contributed by atoms with van der Waals surface area (Å²) in [5.41, 5.74) is 9.39. The maximum Gasteiger partial charge on any atom is 0.241 e. The highest BCUT2D eigenvalue weighted by atomic mass is 79.9. The lowest BCUT2D eigenvalue weighted by atomic mass is 9.93. The Balaban J connectivity index is 1.38. The Labute approximate surface area is 189 Å². The highest BCUT2D eigenvalue weighted by Gasteiger charge is 2.30. The SMILES string of the molecule is Nc1nc2n(n1)[C@@H](c1ccc(OCc3ccccc3)cc1)C[C@H](c1ccc(Br)cc1)N2. The van der Waals surface area contributed by atoms with E-state index in [1.807, 2.05) is 35.0 Å². The number of anilines is 2. The molecule has 0 amide bonds. The summed E-state index contributed by atoms with van der Waals surface area (Å²) in [4.78, 5) is 4.39. The highest BCUT2D eigenvalue weighted by Crippen LogP contribution is 2.38. The lowest BCUT2D eigenvalue weighted by molar-refractivity contribution is 0.306. The summed E-state index contributed by atoms with van der Waals surface area (Å²) in [6.07, 6.45) is 0.835. The van der Waals surface area contributed by atoms with Gasteiger partial charge in [-0.3, -0.25) is 0 Å². The molecular formula is C24H22BrN5O. The third kappa shape index (κ3) is 4.27. The van der Waals surface area contributed by atoms with Gasteiger partial charge in [-0.1, -0.05) is 70.5 Å². The first-order valence-electron chi connectivity index (χ1n) is 10.2. The van der Waals surface area contributed by atoms with Crippen LogP contribution in [0, 0.1) is 0 Å². The molecule has 156 valence electrons. The van der Waals surface area contributed by atoms with Gasteiger partial charge in [-0.2, -0.15) is 4.98 Å². The summed E-state index contributed by atoms with van der Waals surface area (Å²) in [7, 11) is 0. The lowest BCUT2D eigenvalue weighted by Crippen LogP contribution is -2.28. The van der Waals surface area contributed by atoms with Crippen molar-refractivity contribution in [2.45, 2.75) is 25.1 Å². The van der Waals surface area contributed by atoms with Crippen LogP contribution < -0.4 is 15.8 Å². The number of nitrogen functional groups attached to an aromatic ring is 1. The third-order valence-electron chi connectivity index (χ3n) is 5.49. The average Bonchev–Trinajstić information content (AvgIpc) is 3.19. The van der Waals surface area contributed by atoms with Crippen LogP contribution in [-0.2, 0) is 6.61 Å². The molecule has 5 rings (SSSR count). The molecule has 0 radical (unpaired) electrons. The van der Waals surface area contributed by atoms with Gasteiger partial charge in [0.2, 0.25) is 11.9 Å². The number of hydrogen-bond donors (Lipinski definition) is 2. The van der Waals surface area contributed by atoms with Crippen LogP contribution in [0.4, 0.5) is 11.9 Å². The molecule has 0 unspecified atom stereocenters. The molecule has 2 heterocycles. The summed E-state index contributed by atoms with van der Waals surface area (Å²) >= 11 is 3.51. The van der Waals surface area contributed by atoms with E-state index in [1.165, 1.54) is 5.56 Å². The van der Waals surface area contributed by atoms with E-state index in [2.05, 4.69) is 79.9 Å². The quantitative estimate of drug-likeness (QED) is 0.406. The van der Waals surface area contributed by atoms with Gasteiger partial charge in [0, 0.05) is 4.47 Å². The molecule has 0 aliphatic carbocycles. The molecule has 0 spiro atoms. The number of ether oxygens (including phenoxy) is 1. The van der Waals surface area contributed by atoms with Crippen LogP contribution in [0.1, 0.15) is 35.2 Å². The van der Waals surface area contributed by atoms with Crippen LogP contribution in [0.2, 0.25) is 0 Å². The monoisotopic (exact) mass is 475 g/mol. The molecule has 3 aromatic carbocycles. The van der Waals surface area contributed by atoms with Crippen LogP contribution in [-0.4, -0.2) is 14.8 Å². The molecule has 2 atom stereocenters. The van der Waals surface area contributed by atoms with Crippen molar-refractivity contribution in [1.29, 1.82) is 0 Å². The van der Waals surface area contributed by atoms with Gasteiger partial charge < -0.3 is 15.8 Å². The van der Waals surface area contributed by atoms with Gasteiger partial charge in [0.1, 0.15) is 12.4 Å². The molecule has 7 heteroatoms. The summed E-state index contributed by atoms with van der Waals surface area (Å²) < 4.78 is 8.88. The Morgan fingerprint density at radius 2 is 1.68 bits per heavy atom. The maximum absolute atomic E-state index is 5.94. The Kier molecular flexibility index (Phi) is 5.34. The molecule has 0 saturated heterocycles. The number of nitrogens with zero attached hydrogens (tertiary/aromatic N) is 3. The second-order valence-corrected chi connectivity index (χ2v) is 8.50. The van der Waals surface area contributed by atoms with Crippen molar-refractivity contribution in [2.24, 2.45) is 0 Å². The molecule has 1 aromatic heterocycles. The van der Waals surface area contributed by atoms with E-state index in [4.69, 9.17) is 10.5 Å². The largest absolute Gasteiger partial charge is 0.489 e. The normalized spacial score (nSPS) is 17.6. The summed E-state index contributed by atoms with van der Waals surface area (Å²) in [5.74, 6) is 1.79. The van der Waals surface area contributed by atoms with Gasteiger partial charge in [-0.25, -0.2) is 4.68 Å². The molecule has 31 heavy (non-hydrogen) atoms. The first kappa shape index (κ1) is 19.6. The van der Waals surface area contributed by atoms with Crippen molar-refractivity contribution >= 4 is 27.8 Å². The third-order valence-corrected chi connectivity index (χ3v) is 6.02. The van der Waals surface area contributed by atoms with E-state index in [0.29, 0.717) is 12.6 Å². The highest BCUT2D eigenvalue weighted by molar-refractivity contribution is 9.10. The molecule has 3 N–H and O–H groups in total. The molecule has 1 aliphatic heterocycles. The number of fused-ring (bicyclic) bond motifs is 1. The first-order valence-corrected chi connectivity index (χ1v) is 11.0. The minimum atomic E-state index is 0.0258. The number of halogens is 1. The number of aromatic nitrogens is 3. The van der Waals surface area contributed by atoms with Crippen molar-refractivity contribution in [3.05, 3.63) is 100 Å². The van der Waals surface area contributed by atoms with Crippen molar-refractivity contribution in [3.8, 4) is 5.75 Å². The number of nitrogens with two attached hydrogens (primary N) is 1. The van der Waals surface area contributed by atoms with E-state index in [-0.39, 0.29) is 18.0 Å². The fourth-order valence-corrected chi connectivity index (χ4v) is 4.18. The van der Waals surface area contributed by atoms with Gasteiger partial charge in [-0.05, 0) is 47.4 Å². The summed E-state index contributed by atoms with van der Waals surface area (Å²) in [5, 5.41) is 7.90. The van der Waals surface area contributed by atoms with Crippen molar-refractivity contribution in [2.75, 3.05) is 11.1 Å². The van der Waals surface area contributed by atoms with Crippen LogP contribution >= 0.6 is 15.9 Å². The predicted octanol–water partition coefficient (Wildman–Crippen LogP) is 5.35. The van der Waals surface area contributed by atoms with Gasteiger partial charge in [0.15, 0.2) is 0 Å². The zero-order valence-electron chi connectivity index (χ0n) is 16.8. The lowest BCUT2D eigenvalue weighted by Gasteiger charge is -2.31. The zero-order chi connectivity index (χ0) is 21.2. The number of rotatable bonds is 5. The average molecular weight is 476 g/mol. The van der Waals surface area contributed by atoms with Crippen molar-refractivity contribution in [1.82, 2.24) is 14.8 Å². The molecule has 6 nitrogen and oxygen atoms in total. The molecule has 1 aliphatic rings. The summed E-state index contributed by atoms with van der Waals surface area (Å²) in [6.45, 7) is 0.545. The van der Waals surface area contributed by atoms with Gasteiger partial charge in [-0.15, -0.1) is 5.10 Å². The molecule has 4 aromatic rings. The van der Waals surface area contributed by atoms with Crippen LogP contribution in [0.5, 0.6) is 5.75 Å². The van der Waals surface area contributed by atoms with Crippen LogP contribution in [0.25, 0.3) is 0 Å². The fraction of sp³-hybridized carbons (Fsp3) is 0.167. The van der Waals surface area contributed by atoms with Gasteiger partial charge in [0.05, 0.1) is 12.1 Å². The second-order valence-electron chi connectivity index (χ2n) is 7.58. The summed E-state index contributed by atoms with van der Waals surface area (Å²) in [6, 6.07) is 26.8. The van der Waals surface area contributed by atoms with Crippen LogP contribution in [0.15, 0.2) is 83.3 Å². The number of benzene rings is 3.